The quantitative estimate of drug-likeness (QED) is 0.874. The Balaban J connectivity index is 1.55. The molecule has 1 aromatic carbocycles. The van der Waals surface area contributed by atoms with Gasteiger partial charge in [-0.25, -0.2) is 4.39 Å². The SMILES string of the molecule is OC(CNC1CCCc2ccc(F)cc21)CN1CCCC1. The van der Waals surface area contributed by atoms with E-state index in [2.05, 4.69) is 10.2 Å². The Kier molecular flexibility index (Phi) is 4.88. The summed E-state index contributed by atoms with van der Waals surface area (Å²) in [5.41, 5.74) is 2.32. The molecule has 0 spiro atoms. The first-order valence-corrected chi connectivity index (χ1v) is 8.14. The van der Waals surface area contributed by atoms with Crippen molar-refractivity contribution < 1.29 is 9.50 Å². The highest BCUT2D eigenvalue weighted by atomic mass is 19.1. The van der Waals surface area contributed by atoms with Gasteiger partial charge in [-0.15, -0.1) is 0 Å². The molecule has 2 atom stereocenters. The number of nitrogens with zero attached hydrogens (tertiary/aromatic N) is 1. The number of β-amino-alcohol motifs (C(OH)–C–C–N with tert-alkyl or cyclic N) is 1. The second-order valence-corrected chi connectivity index (χ2v) is 6.36. The molecular weight excluding hydrogens is 267 g/mol. The topological polar surface area (TPSA) is 35.5 Å². The van der Waals surface area contributed by atoms with Gasteiger partial charge in [0.2, 0.25) is 0 Å². The summed E-state index contributed by atoms with van der Waals surface area (Å²) in [5.74, 6) is -0.167. The number of benzene rings is 1. The van der Waals surface area contributed by atoms with E-state index in [1.54, 1.807) is 12.1 Å². The minimum absolute atomic E-state index is 0.167. The summed E-state index contributed by atoms with van der Waals surface area (Å²) in [6.07, 6.45) is 5.32. The van der Waals surface area contributed by atoms with Crippen LogP contribution in [0.4, 0.5) is 4.39 Å². The molecule has 1 aliphatic heterocycles. The number of nitrogens with one attached hydrogen (secondary N) is 1. The third-order valence-corrected chi connectivity index (χ3v) is 4.69. The van der Waals surface area contributed by atoms with E-state index in [0.717, 1.165) is 44.5 Å². The van der Waals surface area contributed by atoms with Crippen LogP contribution in [0, 0.1) is 5.82 Å². The van der Waals surface area contributed by atoms with Gasteiger partial charge in [-0.2, -0.15) is 0 Å². The molecule has 2 aliphatic rings. The van der Waals surface area contributed by atoms with E-state index in [1.165, 1.54) is 18.4 Å². The fourth-order valence-electron chi connectivity index (χ4n) is 3.59. The van der Waals surface area contributed by atoms with E-state index < -0.39 is 0 Å². The van der Waals surface area contributed by atoms with Crippen molar-refractivity contribution in [1.82, 2.24) is 10.2 Å². The van der Waals surface area contributed by atoms with Crippen LogP contribution in [-0.4, -0.2) is 42.3 Å². The van der Waals surface area contributed by atoms with Crippen molar-refractivity contribution in [3.63, 3.8) is 0 Å². The maximum absolute atomic E-state index is 13.5. The average Bonchev–Trinajstić information content (AvgIpc) is 2.98. The second kappa shape index (κ2) is 6.86. The summed E-state index contributed by atoms with van der Waals surface area (Å²) >= 11 is 0. The molecule has 2 N–H and O–H groups in total. The van der Waals surface area contributed by atoms with Crippen LogP contribution in [0.3, 0.4) is 0 Å². The molecule has 3 rings (SSSR count). The molecule has 4 heteroatoms. The maximum Gasteiger partial charge on any atom is 0.123 e. The number of halogens is 1. The lowest BCUT2D eigenvalue weighted by atomic mass is 9.87. The number of aliphatic hydroxyl groups excluding tert-OH is 1. The number of aryl methyl sites for hydroxylation is 1. The Labute approximate surface area is 126 Å². The molecule has 1 aromatic rings. The van der Waals surface area contributed by atoms with Gasteiger partial charge >= 0.3 is 0 Å². The minimum Gasteiger partial charge on any atom is -0.390 e. The fraction of sp³-hybridized carbons (Fsp3) is 0.647. The predicted molar refractivity (Wildman–Crippen MR) is 81.8 cm³/mol. The monoisotopic (exact) mass is 292 g/mol. The molecule has 0 amide bonds. The van der Waals surface area contributed by atoms with E-state index in [0.29, 0.717) is 6.54 Å². The Morgan fingerprint density at radius 3 is 2.90 bits per heavy atom. The summed E-state index contributed by atoms with van der Waals surface area (Å²) in [6, 6.07) is 5.28. The zero-order valence-corrected chi connectivity index (χ0v) is 12.5. The molecule has 21 heavy (non-hydrogen) atoms. The Morgan fingerprint density at radius 1 is 1.29 bits per heavy atom. The van der Waals surface area contributed by atoms with Crippen LogP contribution in [-0.2, 0) is 6.42 Å². The van der Waals surface area contributed by atoms with Gasteiger partial charge in [0.05, 0.1) is 6.10 Å². The van der Waals surface area contributed by atoms with Crippen LogP contribution in [0.2, 0.25) is 0 Å². The van der Waals surface area contributed by atoms with Gasteiger partial charge in [0.25, 0.3) is 0 Å². The molecule has 2 unspecified atom stereocenters. The number of hydrogen-bond donors (Lipinski definition) is 2. The molecule has 0 saturated carbocycles. The van der Waals surface area contributed by atoms with Gasteiger partial charge in [0.1, 0.15) is 5.82 Å². The molecule has 1 heterocycles. The fourth-order valence-corrected chi connectivity index (χ4v) is 3.59. The molecule has 0 aromatic heterocycles. The molecule has 0 radical (unpaired) electrons. The lowest BCUT2D eigenvalue weighted by Crippen LogP contribution is -2.39. The normalized spacial score (nSPS) is 24.0. The highest BCUT2D eigenvalue weighted by molar-refractivity contribution is 5.32. The summed E-state index contributed by atoms with van der Waals surface area (Å²) in [4.78, 5) is 2.32. The molecule has 1 fully saturated rings. The zero-order chi connectivity index (χ0) is 14.7. The molecule has 0 bridgehead atoms. The molecular formula is C17H25FN2O. The van der Waals surface area contributed by atoms with Crippen molar-refractivity contribution >= 4 is 0 Å². The number of rotatable bonds is 5. The first kappa shape index (κ1) is 14.9. The summed E-state index contributed by atoms with van der Waals surface area (Å²) in [7, 11) is 0. The summed E-state index contributed by atoms with van der Waals surface area (Å²) in [5, 5.41) is 13.6. The third kappa shape index (κ3) is 3.82. The Morgan fingerprint density at radius 2 is 2.10 bits per heavy atom. The minimum atomic E-state index is -0.345. The summed E-state index contributed by atoms with van der Waals surface area (Å²) in [6.45, 7) is 3.54. The number of hydrogen-bond acceptors (Lipinski definition) is 3. The van der Waals surface area contributed by atoms with E-state index in [9.17, 15) is 9.50 Å². The van der Waals surface area contributed by atoms with Gasteiger partial charge < -0.3 is 15.3 Å². The smallest absolute Gasteiger partial charge is 0.123 e. The Hall–Kier alpha value is -0.970. The van der Waals surface area contributed by atoms with E-state index in [-0.39, 0.29) is 18.0 Å². The number of likely N-dealkylation sites (tertiary alicyclic amines) is 1. The largest absolute Gasteiger partial charge is 0.390 e. The van der Waals surface area contributed by atoms with Crippen LogP contribution in [0.25, 0.3) is 0 Å². The van der Waals surface area contributed by atoms with Crippen LogP contribution >= 0.6 is 0 Å². The predicted octanol–water partition coefficient (Wildman–Crippen LogP) is 2.25. The standard InChI is InChI=1S/C17H25FN2O/c18-14-7-6-13-4-3-5-17(16(13)10-14)19-11-15(21)12-20-8-1-2-9-20/h6-7,10,15,17,19,21H,1-5,8-9,11-12H2. The first-order chi connectivity index (χ1) is 10.2. The second-order valence-electron chi connectivity index (χ2n) is 6.36. The highest BCUT2D eigenvalue weighted by Gasteiger charge is 2.22. The molecule has 116 valence electrons. The molecule has 1 aliphatic carbocycles. The van der Waals surface area contributed by atoms with Crippen molar-refractivity contribution in [2.75, 3.05) is 26.2 Å². The number of fused-ring (bicyclic) bond motifs is 1. The van der Waals surface area contributed by atoms with Crippen molar-refractivity contribution in [3.8, 4) is 0 Å². The lowest BCUT2D eigenvalue weighted by Gasteiger charge is -2.28. The molecule has 1 saturated heterocycles. The van der Waals surface area contributed by atoms with Crippen LogP contribution in [0.5, 0.6) is 0 Å². The summed E-state index contributed by atoms with van der Waals surface area (Å²) < 4.78 is 13.5. The van der Waals surface area contributed by atoms with Crippen molar-refractivity contribution in [2.24, 2.45) is 0 Å². The van der Waals surface area contributed by atoms with Crippen molar-refractivity contribution in [3.05, 3.63) is 35.1 Å². The highest BCUT2D eigenvalue weighted by Crippen LogP contribution is 2.30. The van der Waals surface area contributed by atoms with Crippen LogP contribution < -0.4 is 5.32 Å². The lowest BCUT2D eigenvalue weighted by molar-refractivity contribution is 0.119. The number of aliphatic hydroxyl groups is 1. The average molecular weight is 292 g/mol. The van der Waals surface area contributed by atoms with Crippen LogP contribution in [0.15, 0.2) is 18.2 Å². The van der Waals surface area contributed by atoms with Crippen molar-refractivity contribution in [1.29, 1.82) is 0 Å². The van der Waals surface area contributed by atoms with Crippen molar-refractivity contribution in [2.45, 2.75) is 44.2 Å². The van der Waals surface area contributed by atoms with Gasteiger partial charge in [0.15, 0.2) is 0 Å². The van der Waals surface area contributed by atoms with Gasteiger partial charge in [-0.3, -0.25) is 0 Å². The van der Waals surface area contributed by atoms with Gasteiger partial charge in [0, 0.05) is 19.1 Å². The first-order valence-electron chi connectivity index (χ1n) is 8.14. The third-order valence-electron chi connectivity index (χ3n) is 4.69. The van der Waals surface area contributed by atoms with Gasteiger partial charge in [-0.1, -0.05) is 6.07 Å². The zero-order valence-electron chi connectivity index (χ0n) is 12.5. The van der Waals surface area contributed by atoms with E-state index in [1.807, 2.05) is 6.07 Å². The molecule has 3 nitrogen and oxygen atoms in total. The van der Waals surface area contributed by atoms with E-state index >= 15 is 0 Å². The Bertz CT molecular complexity index is 474. The maximum atomic E-state index is 13.5. The van der Waals surface area contributed by atoms with E-state index in [4.69, 9.17) is 0 Å². The van der Waals surface area contributed by atoms with Crippen LogP contribution in [0.1, 0.15) is 42.9 Å². The van der Waals surface area contributed by atoms with Gasteiger partial charge in [-0.05, 0) is 68.5 Å².